The van der Waals surface area contributed by atoms with Gasteiger partial charge in [0.15, 0.2) is 0 Å². The first-order chi connectivity index (χ1) is 8.78. The van der Waals surface area contributed by atoms with Crippen molar-refractivity contribution in [1.29, 1.82) is 0 Å². The largest absolute Gasteiger partial charge is 0.374 e. The number of nitrogens with one attached hydrogen (secondary N) is 1. The second-order valence-electron chi connectivity index (χ2n) is 4.82. The molecule has 4 nitrogen and oxygen atoms in total. The van der Waals surface area contributed by atoms with Crippen LogP contribution < -0.4 is 5.32 Å². The molecule has 1 aromatic heterocycles. The van der Waals surface area contributed by atoms with Crippen molar-refractivity contribution in [2.24, 2.45) is 0 Å². The summed E-state index contributed by atoms with van der Waals surface area (Å²) in [5.74, 6) is 0. The summed E-state index contributed by atoms with van der Waals surface area (Å²) in [7, 11) is 0. The van der Waals surface area contributed by atoms with E-state index in [1.54, 1.807) is 0 Å². The molecule has 18 heavy (non-hydrogen) atoms. The summed E-state index contributed by atoms with van der Waals surface area (Å²) in [6.07, 6.45) is 2.25. The van der Waals surface area contributed by atoms with Crippen LogP contribution in [0.1, 0.15) is 18.2 Å². The minimum atomic E-state index is 0.317. The normalized spacial score (nSPS) is 21.1. The van der Waals surface area contributed by atoms with E-state index in [0.29, 0.717) is 6.10 Å². The number of likely N-dealkylation sites (N-methyl/N-ethyl adjacent to an activating group) is 1. The third kappa shape index (κ3) is 4.05. The van der Waals surface area contributed by atoms with Crippen molar-refractivity contribution in [2.45, 2.75) is 26.5 Å². The Labute approximate surface area is 109 Å². The van der Waals surface area contributed by atoms with E-state index in [0.717, 1.165) is 45.0 Å². The highest BCUT2D eigenvalue weighted by Gasteiger charge is 2.18. The lowest BCUT2D eigenvalue weighted by Gasteiger charge is -2.32. The molecule has 1 N–H and O–H groups in total. The Morgan fingerprint density at radius 3 is 3.11 bits per heavy atom. The van der Waals surface area contributed by atoms with Crippen LogP contribution in [0.3, 0.4) is 0 Å². The SMILES string of the molecule is CCN1CCOC(CNCc2ccc(C)nc2)C1. The molecule has 2 heterocycles. The molecule has 1 aromatic rings. The van der Waals surface area contributed by atoms with E-state index in [-0.39, 0.29) is 0 Å². The predicted molar refractivity (Wildman–Crippen MR) is 72.5 cm³/mol. The van der Waals surface area contributed by atoms with Crippen molar-refractivity contribution in [3.05, 3.63) is 29.6 Å². The molecule has 1 unspecified atom stereocenters. The second-order valence-corrected chi connectivity index (χ2v) is 4.82. The molecule has 1 atom stereocenters. The fourth-order valence-corrected chi connectivity index (χ4v) is 2.17. The van der Waals surface area contributed by atoms with Crippen molar-refractivity contribution >= 4 is 0 Å². The Kier molecular flexibility index (Phi) is 5.11. The van der Waals surface area contributed by atoms with Gasteiger partial charge in [-0.2, -0.15) is 0 Å². The van der Waals surface area contributed by atoms with Gasteiger partial charge in [-0.25, -0.2) is 0 Å². The first-order valence-corrected chi connectivity index (χ1v) is 6.74. The molecule has 0 bridgehead atoms. The van der Waals surface area contributed by atoms with Gasteiger partial charge in [-0.3, -0.25) is 9.88 Å². The van der Waals surface area contributed by atoms with E-state index in [1.807, 2.05) is 19.2 Å². The van der Waals surface area contributed by atoms with Gasteiger partial charge >= 0.3 is 0 Å². The average Bonchev–Trinajstić information content (AvgIpc) is 2.41. The highest BCUT2D eigenvalue weighted by Crippen LogP contribution is 2.04. The Bertz CT molecular complexity index is 353. The number of aromatic nitrogens is 1. The van der Waals surface area contributed by atoms with E-state index in [1.165, 1.54) is 5.56 Å². The fraction of sp³-hybridized carbons (Fsp3) is 0.643. The van der Waals surface area contributed by atoms with Gasteiger partial charge in [-0.05, 0) is 25.1 Å². The van der Waals surface area contributed by atoms with Crippen LogP contribution in [-0.2, 0) is 11.3 Å². The summed E-state index contributed by atoms with van der Waals surface area (Å²) >= 11 is 0. The van der Waals surface area contributed by atoms with Gasteiger partial charge in [0.1, 0.15) is 0 Å². The van der Waals surface area contributed by atoms with Crippen LogP contribution >= 0.6 is 0 Å². The number of hydrogen-bond acceptors (Lipinski definition) is 4. The lowest BCUT2D eigenvalue weighted by Crippen LogP contribution is -2.46. The zero-order chi connectivity index (χ0) is 12.8. The Morgan fingerprint density at radius 1 is 1.50 bits per heavy atom. The lowest BCUT2D eigenvalue weighted by atomic mass is 10.2. The third-order valence-corrected chi connectivity index (χ3v) is 3.34. The molecule has 1 aliphatic heterocycles. The molecule has 1 aliphatic rings. The van der Waals surface area contributed by atoms with Crippen LogP contribution in [0.2, 0.25) is 0 Å². The van der Waals surface area contributed by atoms with Gasteiger partial charge in [0.05, 0.1) is 12.7 Å². The van der Waals surface area contributed by atoms with Gasteiger partial charge < -0.3 is 10.1 Å². The number of rotatable bonds is 5. The summed E-state index contributed by atoms with van der Waals surface area (Å²) < 4.78 is 5.75. The van der Waals surface area contributed by atoms with E-state index in [2.05, 4.69) is 28.2 Å². The number of aryl methyl sites for hydroxylation is 1. The minimum Gasteiger partial charge on any atom is -0.374 e. The van der Waals surface area contributed by atoms with Gasteiger partial charge in [0.2, 0.25) is 0 Å². The molecule has 2 rings (SSSR count). The van der Waals surface area contributed by atoms with E-state index in [9.17, 15) is 0 Å². The summed E-state index contributed by atoms with van der Waals surface area (Å²) in [5.41, 5.74) is 2.29. The van der Waals surface area contributed by atoms with Gasteiger partial charge in [-0.15, -0.1) is 0 Å². The monoisotopic (exact) mass is 249 g/mol. The summed E-state index contributed by atoms with van der Waals surface area (Å²) in [6.45, 7) is 10.0. The average molecular weight is 249 g/mol. The number of nitrogens with zero attached hydrogens (tertiary/aromatic N) is 2. The Hall–Kier alpha value is -0.970. The first-order valence-electron chi connectivity index (χ1n) is 6.74. The fourth-order valence-electron chi connectivity index (χ4n) is 2.17. The topological polar surface area (TPSA) is 37.4 Å². The van der Waals surface area contributed by atoms with Gasteiger partial charge in [-0.1, -0.05) is 13.0 Å². The standard InChI is InChI=1S/C14H23N3O/c1-3-17-6-7-18-14(11-17)10-15-8-13-5-4-12(2)16-9-13/h4-5,9,14-15H,3,6-8,10-11H2,1-2H3. The minimum absolute atomic E-state index is 0.317. The van der Waals surface area contributed by atoms with Crippen LogP contribution in [0.4, 0.5) is 0 Å². The van der Waals surface area contributed by atoms with Crippen molar-refractivity contribution in [2.75, 3.05) is 32.8 Å². The third-order valence-electron chi connectivity index (χ3n) is 3.34. The lowest BCUT2D eigenvalue weighted by molar-refractivity contribution is -0.0253. The summed E-state index contributed by atoms with van der Waals surface area (Å²) in [4.78, 5) is 6.72. The highest BCUT2D eigenvalue weighted by atomic mass is 16.5. The molecule has 0 radical (unpaired) electrons. The second kappa shape index (κ2) is 6.83. The molecular weight excluding hydrogens is 226 g/mol. The smallest absolute Gasteiger partial charge is 0.0826 e. The maximum Gasteiger partial charge on any atom is 0.0826 e. The Morgan fingerprint density at radius 2 is 2.39 bits per heavy atom. The quantitative estimate of drug-likeness (QED) is 0.851. The van der Waals surface area contributed by atoms with Crippen LogP contribution in [-0.4, -0.2) is 48.8 Å². The van der Waals surface area contributed by atoms with Crippen LogP contribution in [0.5, 0.6) is 0 Å². The van der Waals surface area contributed by atoms with Crippen LogP contribution in [0.15, 0.2) is 18.3 Å². The first kappa shape index (κ1) is 13.5. The van der Waals surface area contributed by atoms with Crippen LogP contribution in [0.25, 0.3) is 0 Å². The molecule has 0 amide bonds. The zero-order valence-electron chi connectivity index (χ0n) is 11.4. The van der Waals surface area contributed by atoms with Crippen molar-refractivity contribution in [1.82, 2.24) is 15.2 Å². The molecule has 0 spiro atoms. The van der Waals surface area contributed by atoms with E-state index in [4.69, 9.17) is 4.74 Å². The van der Waals surface area contributed by atoms with E-state index >= 15 is 0 Å². The molecule has 0 aliphatic carbocycles. The maximum absolute atomic E-state index is 5.75. The predicted octanol–water partition coefficient (Wildman–Crippen LogP) is 1.20. The van der Waals surface area contributed by atoms with Gasteiger partial charge in [0, 0.05) is 38.1 Å². The van der Waals surface area contributed by atoms with Crippen molar-refractivity contribution in [3.63, 3.8) is 0 Å². The molecule has 4 heteroatoms. The van der Waals surface area contributed by atoms with Crippen molar-refractivity contribution < 1.29 is 4.74 Å². The summed E-state index contributed by atoms with van der Waals surface area (Å²) in [6, 6.07) is 4.17. The maximum atomic E-state index is 5.75. The number of morpholine rings is 1. The number of pyridine rings is 1. The molecule has 0 aromatic carbocycles. The Balaban J connectivity index is 1.70. The molecular formula is C14H23N3O. The number of hydrogen-bond donors (Lipinski definition) is 1. The van der Waals surface area contributed by atoms with E-state index < -0.39 is 0 Å². The van der Waals surface area contributed by atoms with Crippen molar-refractivity contribution in [3.8, 4) is 0 Å². The summed E-state index contributed by atoms with van der Waals surface area (Å²) in [5, 5.41) is 3.44. The molecule has 1 saturated heterocycles. The number of ether oxygens (including phenoxy) is 1. The molecule has 100 valence electrons. The highest BCUT2D eigenvalue weighted by molar-refractivity contribution is 5.12. The van der Waals surface area contributed by atoms with Crippen LogP contribution in [0, 0.1) is 6.92 Å². The van der Waals surface area contributed by atoms with Gasteiger partial charge in [0.25, 0.3) is 0 Å². The zero-order valence-corrected chi connectivity index (χ0v) is 11.4. The molecule has 0 saturated carbocycles. The molecule has 1 fully saturated rings.